The van der Waals surface area contributed by atoms with Crippen LogP contribution in [0.5, 0.6) is 0 Å². The van der Waals surface area contributed by atoms with Crippen molar-refractivity contribution in [3.05, 3.63) is 59.7 Å². The Balaban J connectivity index is 1.73. The molecule has 0 bridgehead atoms. The summed E-state index contributed by atoms with van der Waals surface area (Å²) in [5, 5.41) is 2.75. The van der Waals surface area contributed by atoms with Crippen LogP contribution < -0.4 is 5.32 Å². The Labute approximate surface area is 240 Å². The van der Waals surface area contributed by atoms with Gasteiger partial charge in [-0.3, -0.25) is 9.59 Å². The average molecular weight is 549 g/mol. The van der Waals surface area contributed by atoms with Gasteiger partial charge in [0.2, 0.25) is 11.8 Å². The van der Waals surface area contributed by atoms with Crippen LogP contribution in [0.1, 0.15) is 70.4 Å². The number of urea groups is 1. The molecular weight excluding hydrogens is 500 g/mol. The topological polar surface area (TPSA) is 73.0 Å². The van der Waals surface area contributed by atoms with Crippen LogP contribution in [0.25, 0.3) is 11.1 Å². The van der Waals surface area contributed by atoms with E-state index in [1.165, 1.54) is 6.42 Å². The van der Waals surface area contributed by atoms with Crippen LogP contribution in [0.15, 0.2) is 48.5 Å². The lowest BCUT2D eigenvalue weighted by molar-refractivity contribution is -0.140. The fourth-order valence-corrected chi connectivity index (χ4v) is 5.42. The monoisotopic (exact) mass is 548 g/mol. The smallest absolute Gasteiger partial charge is 0.317 e. The van der Waals surface area contributed by atoms with Crippen LogP contribution in [0, 0.1) is 5.92 Å². The molecule has 40 heavy (non-hydrogen) atoms. The SMILES string of the molecule is CCCCCCN1CC(C)C(=O)N(C)[C@@H](Cc2ccc(-c3cccc(CN(CCCC)C(=O)NC)c3)cc2)C1=O. The molecule has 0 radical (unpaired) electrons. The van der Waals surface area contributed by atoms with Gasteiger partial charge in [-0.25, -0.2) is 4.79 Å². The van der Waals surface area contributed by atoms with Gasteiger partial charge in [0.1, 0.15) is 6.04 Å². The molecule has 4 amide bonds. The van der Waals surface area contributed by atoms with E-state index in [4.69, 9.17) is 0 Å². The molecule has 0 aromatic heterocycles. The first-order valence-corrected chi connectivity index (χ1v) is 15.0. The lowest BCUT2D eigenvalue weighted by Crippen LogP contribution is -2.47. The van der Waals surface area contributed by atoms with Gasteiger partial charge in [0.15, 0.2) is 0 Å². The molecule has 2 aromatic rings. The van der Waals surface area contributed by atoms with Crippen molar-refractivity contribution in [1.29, 1.82) is 0 Å². The molecule has 3 rings (SSSR count). The normalized spacial score (nSPS) is 17.6. The molecule has 1 saturated heterocycles. The summed E-state index contributed by atoms with van der Waals surface area (Å²) < 4.78 is 0. The van der Waals surface area contributed by atoms with Crippen LogP contribution >= 0.6 is 0 Å². The van der Waals surface area contributed by atoms with Crippen molar-refractivity contribution in [3.8, 4) is 11.1 Å². The maximum atomic E-state index is 13.6. The first kappa shape index (κ1) is 31.2. The number of hydrogen-bond donors (Lipinski definition) is 1. The van der Waals surface area contributed by atoms with Crippen molar-refractivity contribution in [3.63, 3.8) is 0 Å². The van der Waals surface area contributed by atoms with Crippen LogP contribution in [0.2, 0.25) is 0 Å². The second kappa shape index (κ2) is 15.4. The van der Waals surface area contributed by atoms with E-state index in [1.54, 1.807) is 19.0 Å². The van der Waals surface area contributed by atoms with Crippen LogP contribution in [-0.2, 0) is 22.6 Å². The molecule has 1 aliphatic heterocycles. The number of benzene rings is 2. The lowest BCUT2D eigenvalue weighted by Gasteiger charge is -2.28. The summed E-state index contributed by atoms with van der Waals surface area (Å²) in [5.41, 5.74) is 4.28. The van der Waals surface area contributed by atoms with E-state index in [9.17, 15) is 14.4 Å². The van der Waals surface area contributed by atoms with Gasteiger partial charge < -0.3 is 20.0 Å². The standard InChI is InChI=1S/C33H48N4O3/c1-6-8-10-11-20-36-23-25(3)31(38)35(5)30(32(36)39)22-26-15-17-28(18-16-26)29-14-12-13-27(21-29)24-37(19-9-7-2)33(40)34-4/h12-18,21,25,30H,6-11,19-20,22-24H2,1-5H3,(H,34,40)/t25?,30-/m0/s1. The number of carbonyl (C=O) groups is 3. The quantitative estimate of drug-likeness (QED) is 0.325. The summed E-state index contributed by atoms with van der Waals surface area (Å²) in [5.74, 6) is -0.106. The molecule has 0 spiro atoms. The Bertz CT molecular complexity index is 1120. The van der Waals surface area contributed by atoms with E-state index in [1.807, 2.05) is 22.8 Å². The Kier molecular flexibility index (Phi) is 12.0. The minimum Gasteiger partial charge on any atom is -0.341 e. The molecule has 0 aliphatic carbocycles. The molecule has 218 valence electrons. The molecule has 1 fully saturated rings. The Morgan fingerprint density at radius 2 is 1.65 bits per heavy atom. The number of nitrogens with zero attached hydrogens (tertiary/aromatic N) is 3. The zero-order valence-corrected chi connectivity index (χ0v) is 25.1. The van der Waals surface area contributed by atoms with Gasteiger partial charge in [0.05, 0.1) is 5.92 Å². The highest BCUT2D eigenvalue weighted by atomic mass is 16.2. The fourth-order valence-electron chi connectivity index (χ4n) is 5.42. The maximum absolute atomic E-state index is 13.6. The first-order chi connectivity index (χ1) is 19.3. The fraction of sp³-hybridized carbons (Fsp3) is 0.545. The van der Waals surface area contributed by atoms with E-state index in [-0.39, 0.29) is 23.8 Å². The summed E-state index contributed by atoms with van der Waals surface area (Å²) >= 11 is 0. The van der Waals surface area contributed by atoms with E-state index in [0.717, 1.165) is 60.9 Å². The molecule has 7 nitrogen and oxygen atoms in total. The largest absolute Gasteiger partial charge is 0.341 e. The summed E-state index contributed by atoms with van der Waals surface area (Å²) in [4.78, 5) is 44.3. The Hall–Kier alpha value is -3.35. The van der Waals surface area contributed by atoms with Gasteiger partial charge >= 0.3 is 6.03 Å². The van der Waals surface area contributed by atoms with Crippen molar-refractivity contribution < 1.29 is 14.4 Å². The average Bonchev–Trinajstić information content (AvgIpc) is 3.04. The summed E-state index contributed by atoms with van der Waals surface area (Å²) in [7, 11) is 3.44. The highest BCUT2D eigenvalue weighted by molar-refractivity contribution is 5.91. The molecule has 1 aliphatic rings. The molecule has 0 saturated carbocycles. The van der Waals surface area contributed by atoms with Crippen LogP contribution in [0.4, 0.5) is 4.79 Å². The predicted molar refractivity (Wildman–Crippen MR) is 162 cm³/mol. The van der Waals surface area contributed by atoms with Crippen molar-refractivity contribution in [1.82, 2.24) is 20.0 Å². The summed E-state index contributed by atoms with van der Waals surface area (Å²) in [6, 6.07) is 16.0. The highest BCUT2D eigenvalue weighted by Gasteiger charge is 2.37. The van der Waals surface area contributed by atoms with Crippen LogP contribution in [0.3, 0.4) is 0 Å². The second-order valence-electron chi connectivity index (χ2n) is 11.1. The third kappa shape index (κ3) is 8.33. The minimum atomic E-state index is -0.489. The van der Waals surface area contributed by atoms with Gasteiger partial charge in [0, 0.05) is 46.7 Å². The van der Waals surface area contributed by atoms with E-state index in [2.05, 4.69) is 61.6 Å². The summed E-state index contributed by atoms with van der Waals surface area (Å²) in [6.07, 6.45) is 6.90. The number of carbonyl (C=O) groups excluding carboxylic acids is 3. The van der Waals surface area contributed by atoms with Gasteiger partial charge in [0.25, 0.3) is 0 Å². The molecule has 1 N–H and O–H groups in total. The Morgan fingerprint density at radius 3 is 2.33 bits per heavy atom. The molecular formula is C33H48N4O3. The van der Waals surface area contributed by atoms with Crippen LogP contribution in [-0.4, -0.2) is 72.3 Å². The predicted octanol–water partition coefficient (Wildman–Crippen LogP) is 5.72. The summed E-state index contributed by atoms with van der Waals surface area (Å²) in [6.45, 7) is 8.72. The number of hydrogen-bond acceptors (Lipinski definition) is 3. The van der Waals surface area contributed by atoms with Crippen molar-refractivity contribution in [2.24, 2.45) is 5.92 Å². The van der Waals surface area contributed by atoms with Crippen molar-refractivity contribution >= 4 is 17.8 Å². The van der Waals surface area contributed by atoms with E-state index < -0.39 is 6.04 Å². The van der Waals surface area contributed by atoms with Crippen molar-refractivity contribution in [2.45, 2.75) is 78.3 Å². The molecule has 1 heterocycles. The van der Waals surface area contributed by atoms with Gasteiger partial charge in [-0.1, -0.05) is 88.9 Å². The third-order valence-corrected chi connectivity index (χ3v) is 7.91. The number of rotatable bonds is 13. The van der Waals surface area contributed by atoms with E-state index in [0.29, 0.717) is 26.1 Å². The minimum absolute atomic E-state index is 0.0348. The molecule has 1 unspecified atom stereocenters. The number of unbranched alkanes of at least 4 members (excludes halogenated alkanes) is 4. The first-order valence-electron chi connectivity index (χ1n) is 15.0. The second-order valence-corrected chi connectivity index (χ2v) is 11.1. The van der Waals surface area contributed by atoms with E-state index >= 15 is 0 Å². The van der Waals surface area contributed by atoms with Gasteiger partial charge in [-0.2, -0.15) is 0 Å². The molecule has 2 atom stereocenters. The molecule has 2 aromatic carbocycles. The molecule has 7 heteroatoms. The number of nitrogens with one attached hydrogen (secondary N) is 1. The Morgan fingerprint density at radius 1 is 0.925 bits per heavy atom. The third-order valence-electron chi connectivity index (χ3n) is 7.91. The maximum Gasteiger partial charge on any atom is 0.317 e. The van der Waals surface area contributed by atoms with Gasteiger partial charge in [-0.05, 0) is 41.2 Å². The number of likely N-dealkylation sites (N-methyl/N-ethyl adjacent to an activating group) is 1. The van der Waals surface area contributed by atoms with Crippen molar-refractivity contribution in [2.75, 3.05) is 33.7 Å². The zero-order chi connectivity index (χ0) is 29.1. The number of amides is 4. The van der Waals surface area contributed by atoms with Gasteiger partial charge in [-0.15, -0.1) is 0 Å². The zero-order valence-electron chi connectivity index (χ0n) is 25.1. The highest BCUT2D eigenvalue weighted by Crippen LogP contribution is 2.24. The lowest BCUT2D eigenvalue weighted by atomic mass is 9.98.